The number of hydrogen-bond acceptors (Lipinski definition) is 8. The monoisotopic (exact) mass is 494 g/mol. The smallest absolute Gasteiger partial charge is 0.282 e. The van der Waals surface area contributed by atoms with Crippen LogP contribution in [-0.2, 0) is 0 Å². The second kappa shape index (κ2) is 10.3. The van der Waals surface area contributed by atoms with Gasteiger partial charge in [0.15, 0.2) is 23.9 Å². The van der Waals surface area contributed by atoms with E-state index in [-0.39, 0.29) is 18.0 Å². The first-order chi connectivity index (χ1) is 18.1. The molecule has 37 heavy (non-hydrogen) atoms. The number of ether oxygens (including phenoxy) is 3. The molecule has 0 aliphatic carbocycles. The Kier molecular flexibility index (Phi) is 6.55. The van der Waals surface area contributed by atoms with Gasteiger partial charge >= 0.3 is 0 Å². The lowest BCUT2D eigenvalue weighted by molar-refractivity contribution is 0.298. The fourth-order valence-corrected chi connectivity index (χ4v) is 3.94. The van der Waals surface area contributed by atoms with E-state index in [0.717, 1.165) is 5.39 Å². The number of furan rings is 1. The third-order valence-electron chi connectivity index (χ3n) is 5.60. The van der Waals surface area contributed by atoms with Crippen molar-refractivity contribution in [2.45, 2.75) is 6.92 Å². The van der Waals surface area contributed by atoms with Crippen LogP contribution in [0.15, 0.2) is 81.0 Å². The molecule has 9 heteroatoms. The van der Waals surface area contributed by atoms with Crippen LogP contribution in [0.4, 0.5) is 0 Å². The molecule has 0 saturated heterocycles. The number of hydrogen-bond donors (Lipinski definition) is 0. The highest BCUT2D eigenvalue weighted by Gasteiger charge is 2.18. The summed E-state index contributed by atoms with van der Waals surface area (Å²) in [4.78, 5) is 18.2. The Hall–Kier alpha value is -5.10. The van der Waals surface area contributed by atoms with Crippen molar-refractivity contribution < 1.29 is 18.6 Å². The van der Waals surface area contributed by atoms with E-state index in [0.29, 0.717) is 51.7 Å². The van der Waals surface area contributed by atoms with E-state index in [2.05, 4.69) is 5.10 Å². The summed E-state index contributed by atoms with van der Waals surface area (Å²) < 4.78 is 23.8. The molecule has 0 aliphatic rings. The van der Waals surface area contributed by atoms with Gasteiger partial charge in [0.2, 0.25) is 5.82 Å². The van der Waals surface area contributed by atoms with Crippen LogP contribution in [0.1, 0.15) is 12.5 Å². The van der Waals surface area contributed by atoms with Gasteiger partial charge in [-0.3, -0.25) is 4.79 Å². The van der Waals surface area contributed by atoms with Crippen LogP contribution in [0.25, 0.3) is 33.5 Å². The predicted octanol–water partition coefficient (Wildman–Crippen LogP) is 5.00. The van der Waals surface area contributed by atoms with Gasteiger partial charge in [-0.1, -0.05) is 18.2 Å². The van der Waals surface area contributed by atoms with Crippen molar-refractivity contribution in [3.8, 4) is 34.9 Å². The molecule has 0 atom stereocenters. The molecule has 2 aromatic heterocycles. The second-order valence-electron chi connectivity index (χ2n) is 7.88. The molecule has 184 valence electrons. The fourth-order valence-electron chi connectivity index (χ4n) is 3.94. The van der Waals surface area contributed by atoms with Crippen molar-refractivity contribution in [2.75, 3.05) is 20.3 Å². The molecule has 5 aromatic rings. The summed E-state index contributed by atoms with van der Waals surface area (Å²) in [6.07, 6.45) is 1.53. The summed E-state index contributed by atoms with van der Waals surface area (Å²) in [5.74, 6) is 2.18. The highest BCUT2D eigenvalue weighted by Crippen LogP contribution is 2.33. The van der Waals surface area contributed by atoms with Gasteiger partial charge in [-0.25, -0.2) is 4.98 Å². The lowest BCUT2D eigenvalue weighted by atomic mass is 10.2. The Morgan fingerprint density at radius 1 is 1.03 bits per heavy atom. The van der Waals surface area contributed by atoms with Gasteiger partial charge in [0.25, 0.3) is 5.56 Å². The second-order valence-corrected chi connectivity index (χ2v) is 7.88. The number of para-hydroxylation sites is 1. The number of nitriles is 1. The summed E-state index contributed by atoms with van der Waals surface area (Å²) >= 11 is 0. The minimum Gasteiger partial charge on any atom is -0.496 e. The SMILES string of the molecule is CCOc1cc(C=Nn2c(-c3cc4c(OC)cccc4o3)nc3ccccc3c2=O)ccc1OCC#N. The Balaban J connectivity index is 1.64. The number of rotatable bonds is 8. The van der Waals surface area contributed by atoms with Crippen molar-refractivity contribution >= 4 is 28.1 Å². The summed E-state index contributed by atoms with van der Waals surface area (Å²) in [6, 6.07) is 21.4. The third-order valence-corrected chi connectivity index (χ3v) is 5.60. The largest absolute Gasteiger partial charge is 0.496 e. The zero-order valence-electron chi connectivity index (χ0n) is 20.2. The van der Waals surface area contributed by atoms with E-state index in [4.69, 9.17) is 28.9 Å². The van der Waals surface area contributed by atoms with Gasteiger partial charge in [0.05, 0.1) is 36.2 Å². The minimum atomic E-state index is -0.344. The molecular weight excluding hydrogens is 472 g/mol. The summed E-state index contributed by atoms with van der Waals surface area (Å²) in [5, 5.41) is 14.5. The number of fused-ring (bicyclic) bond motifs is 2. The van der Waals surface area contributed by atoms with E-state index in [1.54, 1.807) is 49.6 Å². The van der Waals surface area contributed by atoms with Crippen LogP contribution >= 0.6 is 0 Å². The molecule has 0 radical (unpaired) electrons. The van der Waals surface area contributed by atoms with Gasteiger partial charge in [0, 0.05) is 0 Å². The van der Waals surface area contributed by atoms with Crippen LogP contribution in [0.3, 0.4) is 0 Å². The van der Waals surface area contributed by atoms with Crippen LogP contribution in [0.2, 0.25) is 0 Å². The molecule has 9 nitrogen and oxygen atoms in total. The first-order valence-corrected chi connectivity index (χ1v) is 11.5. The molecule has 5 rings (SSSR count). The first kappa shape index (κ1) is 23.6. The van der Waals surface area contributed by atoms with E-state index >= 15 is 0 Å². The molecule has 0 saturated carbocycles. The average Bonchev–Trinajstić information content (AvgIpc) is 3.36. The molecular formula is C28H22N4O5. The molecule has 2 heterocycles. The van der Waals surface area contributed by atoms with Gasteiger partial charge in [-0.2, -0.15) is 15.0 Å². The lowest BCUT2D eigenvalue weighted by Gasteiger charge is -2.11. The zero-order valence-corrected chi connectivity index (χ0v) is 20.2. The van der Waals surface area contributed by atoms with Gasteiger partial charge in [-0.05, 0) is 61.0 Å². The molecule has 0 fully saturated rings. The lowest BCUT2D eigenvalue weighted by Crippen LogP contribution is -2.20. The Bertz CT molecular complexity index is 1730. The Labute approximate surface area is 211 Å². The van der Waals surface area contributed by atoms with E-state index in [1.807, 2.05) is 37.3 Å². The minimum absolute atomic E-state index is 0.0999. The normalized spacial score (nSPS) is 11.2. The van der Waals surface area contributed by atoms with Crippen LogP contribution < -0.4 is 19.8 Å². The predicted molar refractivity (Wildman–Crippen MR) is 139 cm³/mol. The Morgan fingerprint density at radius 3 is 2.70 bits per heavy atom. The van der Waals surface area contributed by atoms with E-state index in [1.165, 1.54) is 10.9 Å². The topological polar surface area (TPSA) is 112 Å². The number of methoxy groups -OCH3 is 1. The summed E-state index contributed by atoms with van der Waals surface area (Å²) in [7, 11) is 1.59. The number of aromatic nitrogens is 2. The van der Waals surface area contributed by atoms with E-state index in [9.17, 15) is 4.79 Å². The van der Waals surface area contributed by atoms with E-state index < -0.39 is 0 Å². The average molecular weight is 495 g/mol. The zero-order chi connectivity index (χ0) is 25.8. The van der Waals surface area contributed by atoms with Crippen LogP contribution in [0.5, 0.6) is 17.2 Å². The molecule has 0 spiro atoms. The fraction of sp³-hybridized carbons (Fsp3) is 0.143. The molecule has 3 aromatic carbocycles. The van der Waals surface area contributed by atoms with Crippen LogP contribution in [0, 0.1) is 11.3 Å². The van der Waals surface area contributed by atoms with Gasteiger partial charge in [-0.15, -0.1) is 0 Å². The van der Waals surface area contributed by atoms with Crippen molar-refractivity contribution in [3.63, 3.8) is 0 Å². The maximum absolute atomic E-state index is 13.5. The highest BCUT2D eigenvalue weighted by atomic mass is 16.5. The van der Waals surface area contributed by atoms with Crippen molar-refractivity contribution in [1.82, 2.24) is 9.66 Å². The number of benzene rings is 3. The maximum atomic E-state index is 13.5. The molecule has 0 aliphatic heterocycles. The standard InChI is InChI=1S/C28H22N4O5/c1-3-35-25-15-18(11-12-24(25)36-14-13-29)17-30-32-27(31-21-8-5-4-7-19(21)28(32)33)26-16-20-22(34-2)9-6-10-23(20)37-26/h4-12,15-17H,3,14H2,1-2H3. The maximum Gasteiger partial charge on any atom is 0.282 e. The molecule has 0 bridgehead atoms. The van der Waals surface area contributed by atoms with Crippen molar-refractivity contribution in [3.05, 3.63) is 82.6 Å². The first-order valence-electron chi connectivity index (χ1n) is 11.5. The quantitative estimate of drug-likeness (QED) is 0.279. The molecule has 0 N–H and O–H groups in total. The molecule has 0 unspecified atom stereocenters. The third kappa shape index (κ3) is 4.60. The van der Waals surface area contributed by atoms with Crippen molar-refractivity contribution in [1.29, 1.82) is 5.26 Å². The van der Waals surface area contributed by atoms with Gasteiger partial charge in [0.1, 0.15) is 17.4 Å². The van der Waals surface area contributed by atoms with Crippen molar-refractivity contribution in [2.24, 2.45) is 5.10 Å². The number of nitrogens with zero attached hydrogens (tertiary/aromatic N) is 4. The highest BCUT2D eigenvalue weighted by molar-refractivity contribution is 5.88. The Morgan fingerprint density at radius 2 is 1.89 bits per heavy atom. The summed E-state index contributed by atoms with van der Waals surface area (Å²) in [6.45, 7) is 2.16. The van der Waals surface area contributed by atoms with Crippen LogP contribution in [-0.4, -0.2) is 36.2 Å². The van der Waals surface area contributed by atoms with Gasteiger partial charge < -0.3 is 18.6 Å². The molecule has 0 amide bonds. The summed E-state index contributed by atoms with van der Waals surface area (Å²) in [5.41, 5.74) is 1.44.